The molecular formula is C22H29NO3. The molecule has 0 heterocycles. The zero-order valence-corrected chi connectivity index (χ0v) is 16.1. The molecule has 0 aliphatic heterocycles. The molecule has 0 aromatic heterocycles. The van der Waals surface area contributed by atoms with Gasteiger partial charge in [0.1, 0.15) is 18.0 Å². The highest BCUT2D eigenvalue weighted by Gasteiger charge is 2.34. The predicted octanol–water partition coefficient (Wildman–Crippen LogP) is 5.05. The second-order valence-electron chi connectivity index (χ2n) is 7.01. The number of hydrogen-bond acceptors (Lipinski definition) is 3. The normalized spacial score (nSPS) is 13.3. The Morgan fingerprint density at radius 1 is 1.08 bits per heavy atom. The molecule has 0 radical (unpaired) electrons. The van der Waals surface area contributed by atoms with E-state index in [1.165, 1.54) is 0 Å². The van der Waals surface area contributed by atoms with E-state index in [4.69, 9.17) is 9.47 Å². The Bertz CT molecular complexity index is 682. The van der Waals surface area contributed by atoms with Crippen LogP contribution in [0.3, 0.4) is 0 Å². The summed E-state index contributed by atoms with van der Waals surface area (Å²) in [6.45, 7) is 8.95. The molecule has 1 atom stereocenters. The van der Waals surface area contributed by atoms with E-state index >= 15 is 0 Å². The number of nitrogens with one attached hydrogen (secondary N) is 1. The highest BCUT2D eigenvalue weighted by Crippen LogP contribution is 2.24. The Labute approximate surface area is 156 Å². The van der Waals surface area contributed by atoms with Crippen molar-refractivity contribution in [3.05, 3.63) is 60.2 Å². The van der Waals surface area contributed by atoms with Crippen LogP contribution < -0.4 is 10.1 Å². The van der Waals surface area contributed by atoms with Gasteiger partial charge in [0.2, 0.25) is 0 Å². The first kappa shape index (κ1) is 20.0. The molecule has 0 saturated carbocycles. The summed E-state index contributed by atoms with van der Waals surface area (Å²) in [6, 6.07) is 17.4. The van der Waals surface area contributed by atoms with Crippen LogP contribution in [0, 0.1) is 5.92 Å². The quantitative estimate of drug-likeness (QED) is 0.685. The molecule has 1 unspecified atom stereocenters. The number of rotatable bonds is 9. The van der Waals surface area contributed by atoms with Crippen LogP contribution in [0.15, 0.2) is 54.6 Å². The number of benzene rings is 2. The van der Waals surface area contributed by atoms with Gasteiger partial charge in [-0.1, -0.05) is 44.2 Å². The first-order valence-corrected chi connectivity index (χ1v) is 9.15. The van der Waals surface area contributed by atoms with Crippen molar-refractivity contribution in [3.63, 3.8) is 0 Å². The van der Waals surface area contributed by atoms with Crippen molar-refractivity contribution in [1.82, 2.24) is 0 Å². The Morgan fingerprint density at radius 3 is 2.31 bits per heavy atom. The van der Waals surface area contributed by atoms with Crippen molar-refractivity contribution in [2.75, 3.05) is 11.9 Å². The van der Waals surface area contributed by atoms with Crippen molar-refractivity contribution in [3.8, 4) is 5.75 Å². The first-order valence-electron chi connectivity index (χ1n) is 9.15. The maximum atomic E-state index is 12.7. The topological polar surface area (TPSA) is 47.6 Å². The Morgan fingerprint density at radius 2 is 1.73 bits per heavy atom. The number of anilines is 1. The van der Waals surface area contributed by atoms with Crippen molar-refractivity contribution in [2.24, 2.45) is 5.92 Å². The van der Waals surface area contributed by atoms with Gasteiger partial charge in [0.05, 0.1) is 0 Å². The zero-order valence-electron chi connectivity index (χ0n) is 16.1. The van der Waals surface area contributed by atoms with Crippen LogP contribution in [0.25, 0.3) is 0 Å². The maximum absolute atomic E-state index is 12.7. The monoisotopic (exact) mass is 355 g/mol. The Balaban J connectivity index is 1.95. The van der Waals surface area contributed by atoms with E-state index in [-0.39, 0.29) is 5.91 Å². The minimum Gasteiger partial charge on any atom is -0.489 e. The summed E-state index contributed by atoms with van der Waals surface area (Å²) >= 11 is 0. The van der Waals surface area contributed by atoms with Crippen molar-refractivity contribution < 1.29 is 14.3 Å². The summed E-state index contributed by atoms with van der Waals surface area (Å²) in [5.74, 6) is 1.01. The van der Waals surface area contributed by atoms with Gasteiger partial charge in [-0.3, -0.25) is 4.79 Å². The summed E-state index contributed by atoms with van der Waals surface area (Å²) in [5.41, 5.74) is 1.02. The molecule has 0 aliphatic rings. The van der Waals surface area contributed by atoms with Gasteiger partial charge in [0.15, 0.2) is 0 Å². The van der Waals surface area contributed by atoms with Crippen LogP contribution in [0.4, 0.5) is 5.69 Å². The van der Waals surface area contributed by atoms with Crippen LogP contribution >= 0.6 is 0 Å². The van der Waals surface area contributed by atoms with Gasteiger partial charge < -0.3 is 14.8 Å². The van der Waals surface area contributed by atoms with Gasteiger partial charge in [-0.25, -0.2) is 0 Å². The number of carbonyl (C=O) groups excluding carboxylic acids is 1. The molecule has 4 nitrogen and oxygen atoms in total. The lowest BCUT2D eigenvalue weighted by Crippen LogP contribution is -2.43. The number of ether oxygens (including phenoxy) is 2. The first-order chi connectivity index (χ1) is 12.4. The standard InChI is InChI=1S/C22H29NO3/c1-5-26-22(4,15-17(2)3)21(24)23-19-11-13-20(14-12-19)25-16-18-9-7-6-8-10-18/h6-14,17H,5,15-16H2,1-4H3,(H,23,24). The summed E-state index contributed by atoms with van der Waals surface area (Å²) in [6.07, 6.45) is 0.672. The van der Waals surface area contributed by atoms with Crippen molar-refractivity contribution in [2.45, 2.75) is 46.3 Å². The van der Waals surface area contributed by atoms with Crippen LogP contribution in [0.1, 0.15) is 39.7 Å². The third-order valence-electron chi connectivity index (χ3n) is 4.10. The third-order valence-corrected chi connectivity index (χ3v) is 4.10. The lowest BCUT2D eigenvalue weighted by atomic mass is 9.93. The molecule has 0 fully saturated rings. The van der Waals surface area contributed by atoms with Crippen LogP contribution in [-0.2, 0) is 16.1 Å². The van der Waals surface area contributed by atoms with E-state index < -0.39 is 5.60 Å². The summed E-state index contributed by atoms with van der Waals surface area (Å²) in [4.78, 5) is 12.7. The minimum absolute atomic E-state index is 0.119. The summed E-state index contributed by atoms with van der Waals surface area (Å²) in [5, 5.41) is 2.95. The molecule has 0 spiro atoms. The SMILES string of the molecule is CCOC(C)(CC(C)C)C(=O)Nc1ccc(OCc2ccccc2)cc1. The number of carbonyl (C=O) groups is 1. The van der Waals surface area contributed by atoms with Gasteiger partial charge >= 0.3 is 0 Å². The second-order valence-corrected chi connectivity index (χ2v) is 7.01. The Hall–Kier alpha value is -2.33. The highest BCUT2D eigenvalue weighted by molar-refractivity contribution is 5.97. The van der Waals surface area contributed by atoms with E-state index in [1.807, 2.05) is 68.4 Å². The van der Waals surface area contributed by atoms with Crippen LogP contribution in [0.2, 0.25) is 0 Å². The van der Waals surface area contributed by atoms with Gasteiger partial charge in [-0.2, -0.15) is 0 Å². The molecule has 1 N–H and O–H groups in total. The molecule has 0 saturated heterocycles. The van der Waals surface area contributed by atoms with Crippen LogP contribution in [0.5, 0.6) is 5.75 Å². The largest absolute Gasteiger partial charge is 0.489 e. The molecule has 2 rings (SSSR count). The van der Waals surface area contributed by atoms with E-state index in [1.54, 1.807) is 0 Å². The molecule has 2 aromatic rings. The highest BCUT2D eigenvalue weighted by atomic mass is 16.5. The van der Waals surface area contributed by atoms with E-state index in [0.717, 1.165) is 17.0 Å². The average molecular weight is 355 g/mol. The predicted molar refractivity (Wildman–Crippen MR) is 105 cm³/mol. The van der Waals surface area contributed by atoms with Crippen molar-refractivity contribution in [1.29, 1.82) is 0 Å². The summed E-state index contributed by atoms with van der Waals surface area (Å²) in [7, 11) is 0. The molecule has 26 heavy (non-hydrogen) atoms. The van der Waals surface area contributed by atoms with E-state index in [2.05, 4.69) is 19.2 Å². The fraction of sp³-hybridized carbons (Fsp3) is 0.409. The minimum atomic E-state index is -0.828. The second kappa shape index (κ2) is 9.39. The zero-order chi connectivity index (χ0) is 19.0. The van der Waals surface area contributed by atoms with Crippen LogP contribution in [-0.4, -0.2) is 18.1 Å². The average Bonchev–Trinajstić information content (AvgIpc) is 2.61. The molecular weight excluding hydrogens is 326 g/mol. The number of amides is 1. The lowest BCUT2D eigenvalue weighted by molar-refractivity contribution is -0.140. The molecule has 0 aliphatic carbocycles. The van der Waals surface area contributed by atoms with E-state index in [0.29, 0.717) is 25.6 Å². The van der Waals surface area contributed by atoms with Gasteiger partial charge in [0, 0.05) is 12.3 Å². The summed E-state index contributed by atoms with van der Waals surface area (Å²) < 4.78 is 11.5. The fourth-order valence-electron chi connectivity index (χ4n) is 2.95. The van der Waals surface area contributed by atoms with Crippen molar-refractivity contribution >= 4 is 11.6 Å². The van der Waals surface area contributed by atoms with Gasteiger partial charge in [0.25, 0.3) is 5.91 Å². The third kappa shape index (κ3) is 5.88. The maximum Gasteiger partial charge on any atom is 0.256 e. The molecule has 4 heteroatoms. The lowest BCUT2D eigenvalue weighted by Gasteiger charge is -2.29. The molecule has 0 bridgehead atoms. The van der Waals surface area contributed by atoms with Gasteiger partial charge in [-0.05, 0) is 56.0 Å². The fourth-order valence-corrected chi connectivity index (χ4v) is 2.95. The van der Waals surface area contributed by atoms with Gasteiger partial charge in [-0.15, -0.1) is 0 Å². The van der Waals surface area contributed by atoms with E-state index in [9.17, 15) is 4.79 Å². The number of hydrogen-bond donors (Lipinski definition) is 1. The Kier molecular flexibility index (Phi) is 7.22. The molecule has 2 aromatic carbocycles. The smallest absolute Gasteiger partial charge is 0.256 e. The molecule has 140 valence electrons. The molecule has 1 amide bonds.